The molecule has 0 aliphatic heterocycles. The van der Waals surface area contributed by atoms with Crippen LogP contribution in [0.25, 0.3) is 0 Å². The van der Waals surface area contributed by atoms with Crippen molar-refractivity contribution in [2.24, 2.45) is 0 Å². The molecule has 1 aliphatic rings. The summed E-state index contributed by atoms with van der Waals surface area (Å²) >= 11 is 0. The van der Waals surface area contributed by atoms with Gasteiger partial charge < -0.3 is 14.5 Å². The van der Waals surface area contributed by atoms with E-state index in [-0.39, 0.29) is 0 Å². The van der Waals surface area contributed by atoms with Gasteiger partial charge in [0.1, 0.15) is 18.1 Å². The van der Waals surface area contributed by atoms with E-state index >= 15 is 0 Å². The highest BCUT2D eigenvalue weighted by atomic mass is 16.5. The molecule has 0 amide bonds. The Morgan fingerprint density at radius 3 is 2.76 bits per heavy atom. The first kappa shape index (κ1) is 14.2. The van der Waals surface area contributed by atoms with Gasteiger partial charge in [-0.3, -0.25) is 0 Å². The van der Waals surface area contributed by atoms with Crippen LogP contribution in [0.1, 0.15) is 40.9 Å². The van der Waals surface area contributed by atoms with Gasteiger partial charge in [0.05, 0.1) is 6.26 Å². The Labute approximate surface area is 126 Å². The second-order valence-corrected chi connectivity index (χ2v) is 6.07. The Kier molecular flexibility index (Phi) is 4.02. The molecule has 0 atom stereocenters. The van der Waals surface area contributed by atoms with Gasteiger partial charge in [0.15, 0.2) is 0 Å². The summed E-state index contributed by atoms with van der Waals surface area (Å²) in [7, 11) is 0. The first-order valence-corrected chi connectivity index (χ1v) is 7.62. The highest BCUT2D eigenvalue weighted by molar-refractivity contribution is 5.42. The molecule has 1 fully saturated rings. The first-order valence-electron chi connectivity index (χ1n) is 7.62. The van der Waals surface area contributed by atoms with Gasteiger partial charge in [0, 0.05) is 18.2 Å². The number of furan rings is 1. The molecular formula is C18H23NO2. The first-order chi connectivity index (χ1) is 10.1. The highest BCUT2D eigenvalue weighted by Gasteiger charge is 2.20. The van der Waals surface area contributed by atoms with Crippen molar-refractivity contribution in [2.75, 3.05) is 0 Å². The van der Waals surface area contributed by atoms with Gasteiger partial charge in [-0.05, 0) is 62.4 Å². The molecule has 3 rings (SSSR count). The quantitative estimate of drug-likeness (QED) is 0.870. The number of aryl methyl sites for hydroxylation is 2. The number of hydrogen-bond acceptors (Lipinski definition) is 3. The minimum Gasteiger partial charge on any atom is -0.485 e. The van der Waals surface area contributed by atoms with Crippen molar-refractivity contribution in [3.05, 3.63) is 52.5 Å². The van der Waals surface area contributed by atoms with Gasteiger partial charge in [-0.2, -0.15) is 0 Å². The number of ether oxygens (including phenoxy) is 1. The largest absolute Gasteiger partial charge is 0.485 e. The van der Waals surface area contributed by atoms with Crippen LogP contribution >= 0.6 is 0 Å². The van der Waals surface area contributed by atoms with Gasteiger partial charge in [-0.15, -0.1) is 0 Å². The number of benzene rings is 1. The standard InChI is InChI=1S/C18H23NO2/c1-12-6-13(2)14(3)18(7-12)21-11-17-8-15(10-20-17)9-19-16-4-5-16/h6-8,10,16,19H,4-5,9,11H2,1-3H3. The van der Waals surface area contributed by atoms with Crippen molar-refractivity contribution in [1.29, 1.82) is 0 Å². The van der Waals surface area contributed by atoms with E-state index in [2.05, 4.69) is 44.3 Å². The second-order valence-electron chi connectivity index (χ2n) is 6.07. The summed E-state index contributed by atoms with van der Waals surface area (Å²) in [6.07, 6.45) is 4.43. The summed E-state index contributed by atoms with van der Waals surface area (Å²) in [4.78, 5) is 0. The fraction of sp³-hybridized carbons (Fsp3) is 0.444. The van der Waals surface area contributed by atoms with Crippen LogP contribution in [-0.4, -0.2) is 6.04 Å². The van der Waals surface area contributed by atoms with E-state index in [0.717, 1.165) is 24.1 Å². The molecule has 2 aromatic rings. The molecule has 3 heteroatoms. The third-order valence-corrected chi connectivity index (χ3v) is 4.01. The van der Waals surface area contributed by atoms with Crippen molar-refractivity contribution in [1.82, 2.24) is 5.32 Å². The maximum absolute atomic E-state index is 5.92. The molecule has 1 aromatic carbocycles. The lowest BCUT2D eigenvalue weighted by Crippen LogP contribution is -2.14. The van der Waals surface area contributed by atoms with Crippen LogP contribution in [-0.2, 0) is 13.2 Å². The van der Waals surface area contributed by atoms with Crippen molar-refractivity contribution >= 4 is 0 Å². The third-order valence-electron chi connectivity index (χ3n) is 4.01. The number of rotatable bonds is 6. The fourth-order valence-electron chi connectivity index (χ4n) is 2.44. The van der Waals surface area contributed by atoms with Crippen LogP contribution < -0.4 is 10.1 Å². The highest BCUT2D eigenvalue weighted by Crippen LogP contribution is 2.24. The predicted molar refractivity (Wildman–Crippen MR) is 83.6 cm³/mol. The van der Waals surface area contributed by atoms with Gasteiger partial charge in [-0.1, -0.05) is 6.07 Å². The minimum absolute atomic E-state index is 0.479. The molecule has 0 spiro atoms. The molecule has 0 bridgehead atoms. The molecule has 0 unspecified atom stereocenters. The molecule has 1 aromatic heterocycles. The molecule has 3 nitrogen and oxygen atoms in total. The Hall–Kier alpha value is -1.74. The average molecular weight is 285 g/mol. The Balaban J connectivity index is 1.59. The van der Waals surface area contributed by atoms with E-state index in [1.807, 2.05) is 6.26 Å². The normalized spacial score (nSPS) is 14.4. The minimum atomic E-state index is 0.479. The third kappa shape index (κ3) is 3.67. The second kappa shape index (κ2) is 5.94. The Morgan fingerprint density at radius 2 is 2.00 bits per heavy atom. The van der Waals surface area contributed by atoms with E-state index in [1.54, 1.807) is 0 Å². The lowest BCUT2D eigenvalue weighted by atomic mass is 10.1. The molecule has 1 heterocycles. The van der Waals surface area contributed by atoms with E-state index in [9.17, 15) is 0 Å². The lowest BCUT2D eigenvalue weighted by Gasteiger charge is -2.11. The maximum Gasteiger partial charge on any atom is 0.146 e. The molecule has 0 saturated heterocycles. The molecule has 1 aliphatic carbocycles. The molecule has 1 N–H and O–H groups in total. The number of hydrogen-bond donors (Lipinski definition) is 1. The topological polar surface area (TPSA) is 34.4 Å². The van der Waals surface area contributed by atoms with E-state index < -0.39 is 0 Å². The van der Waals surface area contributed by atoms with Crippen LogP contribution in [0.15, 0.2) is 28.9 Å². The summed E-state index contributed by atoms with van der Waals surface area (Å²) < 4.78 is 11.5. The average Bonchev–Trinajstić information content (AvgIpc) is 3.17. The van der Waals surface area contributed by atoms with Crippen LogP contribution in [0.5, 0.6) is 5.75 Å². The maximum atomic E-state index is 5.92. The smallest absolute Gasteiger partial charge is 0.146 e. The predicted octanol–water partition coefficient (Wildman–Crippen LogP) is 4.04. The zero-order valence-electron chi connectivity index (χ0n) is 13.0. The monoisotopic (exact) mass is 285 g/mol. The lowest BCUT2D eigenvalue weighted by molar-refractivity contribution is 0.268. The van der Waals surface area contributed by atoms with Gasteiger partial charge in [0.2, 0.25) is 0 Å². The Bertz CT molecular complexity index is 626. The van der Waals surface area contributed by atoms with Crippen molar-refractivity contribution in [3.8, 4) is 5.75 Å². The summed E-state index contributed by atoms with van der Waals surface area (Å²) in [5, 5.41) is 3.48. The fourth-order valence-corrected chi connectivity index (χ4v) is 2.44. The zero-order valence-corrected chi connectivity index (χ0v) is 13.0. The van der Waals surface area contributed by atoms with Crippen LogP contribution in [0.3, 0.4) is 0 Å². The van der Waals surface area contributed by atoms with Crippen LogP contribution in [0.2, 0.25) is 0 Å². The van der Waals surface area contributed by atoms with E-state index in [0.29, 0.717) is 6.61 Å². The van der Waals surface area contributed by atoms with E-state index in [1.165, 1.54) is 35.1 Å². The summed E-state index contributed by atoms with van der Waals surface area (Å²) in [6, 6.07) is 7.06. The SMILES string of the molecule is Cc1cc(C)c(C)c(OCc2cc(CNC3CC3)co2)c1. The molecule has 112 valence electrons. The van der Waals surface area contributed by atoms with E-state index in [4.69, 9.17) is 9.15 Å². The van der Waals surface area contributed by atoms with Crippen molar-refractivity contribution < 1.29 is 9.15 Å². The Morgan fingerprint density at radius 1 is 1.19 bits per heavy atom. The van der Waals surface area contributed by atoms with Crippen LogP contribution in [0.4, 0.5) is 0 Å². The summed E-state index contributed by atoms with van der Waals surface area (Å²) in [6.45, 7) is 7.67. The van der Waals surface area contributed by atoms with Crippen LogP contribution in [0, 0.1) is 20.8 Å². The number of nitrogens with one attached hydrogen (secondary N) is 1. The molecular weight excluding hydrogens is 262 g/mol. The zero-order chi connectivity index (χ0) is 14.8. The van der Waals surface area contributed by atoms with Crippen molar-refractivity contribution in [2.45, 2.75) is 52.8 Å². The van der Waals surface area contributed by atoms with Gasteiger partial charge in [0.25, 0.3) is 0 Å². The summed E-state index contributed by atoms with van der Waals surface area (Å²) in [5.41, 5.74) is 4.88. The molecule has 21 heavy (non-hydrogen) atoms. The molecule has 0 radical (unpaired) electrons. The molecule has 1 saturated carbocycles. The van der Waals surface area contributed by atoms with Crippen molar-refractivity contribution in [3.63, 3.8) is 0 Å². The van der Waals surface area contributed by atoms with Gasteiger partial charge >= 0.3 is 0 Å². The summed E-state index contributed by atoms with van der Waals surface area (Å²) in [5.74, 6) is 1.82. The van der Waals surface area contributed by atoms with Gasteiger partial charge in [-0.25, -0.2) is 0 Å².